The summed E-state index contributed by atoms with van der Waals surface area (Å²) in [7, 11) is 0. The van der Waals surface area contributed by atoms with Gasteiger partial charge in [-0.05, 0) is 61.3 Å². The SMILES string of the molecule is Cc1noc(C)c1-c1cnc2c(I)cn(CC3CCCC3)c2c1. The van der Waals surface area contributed by atoms with Crippen LogP contribution in [-0.2, 0) is 6.54 Å². The third kappa shape index (κ3) is 2.69. The maximum absolute atomic E-state index is 5.32. The van der Waals surface area contributed by atoms with Gasteiger partial charge >= 0.3 is 0 Å². The first-order valence-corrected chi connectivity index (χ1v) is 9.29. The number of pyridine rings is 1. The van der Waals surface area contributed by atoms with E-state index in [0.29, 0.717) is 0 Å². The van der Waals surface area contributed by atoms with Crippen LogP contribution in [0.3, 0.4) is 0 Å². The van der Waals surface area contributed by atoms with Crippen LogP contribution in [0.2, 0.25) is 0 Å². The van der Waals surface area contributed by atoms with E-state index in [1.54, 1.807) is 0 Å². The molecule has 0 aromatic carbocycles. The Labute approximate surface area is 149 Å². The summed E-state index contributed by atoms with van der Waals surface area (Å²) in [5.41, 5.74) is 5.41. The lowest BCUT2D eigenvalue weighted by Gasteiger charge is -2.11. The fourth-order valence-electron chi connectivity index (χ4n) is 3.78. The molecule has 0 bridgehead atoms. The second-order valence-electron chi connectivity index (χ2n) is 6.57. The fourth-order valence-corrected chi connectivity index (χ4v) is 4.53. The first-order chi connectivity index (χ1) is 11.1. The molecule has 0 radical (unpaired) electrons. The van der Waals surface area contributed by atoms with Crippen molar-refractivity contribution < 1.29 is 4.52 Å². The fraction of sp³-hybridized carbons (Fsp3) is 0.444. The average molecular weight is 421 g/mol. The molecule has 0 saturated heterocycles. The number of hydrogen-bond donors (Lipinski definition) is 0. The van der Waals surface area contributed by atoms with Gasteiger partial charge in [0.2, 0.25) is 0 Å². The Hall–Kier alpha value is -1.37. The summed E-state index contributed by atoms with van der Waals surface area (Å²) in [6, 6.07) is 2.24. The zero-order valence-corrected chi connectivity index (χ0v) is 15.6. The van der Waals surface area contributed by atoms with Crippen molar-refractivity contribution >= 4 is 33.6 Å². The third-order valence-electron chi connectivity index (χ3n) is 4.92. The Bertz CT molecular complexity index is 839. The molecule has 1 aliphatic rings. The van der Waals surface area contributed by atoms with Crippen LogP contribution in [0.4, 0.5) is 0 Å². The van der Waals surface area contributed by atoms with Crippen LogP contribution in [0, 0.1) is 23.3 Å². The minimum absolute atomic E-state index is 0.809. The topological polar surface area (TPSA) is 43.9 Å². The first-order valence-electron chi connectivity index (χ1n) is 8.21. The molecule has 3 aromatic heterocycles. The summed E-state index contributed by atoms with van der Waals surface area (Å²) in [6.07, 6.45) is 9.65. The predicted octanol–water partition coefficient (Wildman–Crippen LogP) is 5.10. The van der Waals surface area contributed by atoms with Crippen LogP contribution in [0.15, 0.2) is 23.0 Å². The molecular formula is C18H20IN3O. The van der Waals surface area contributed by atoms with Gasteiger partial charge in [0.1, 0.15) is 11.3 Å². The van der Waals surface area contributed by atoms with E-state index in [2.05, 4.69) is 44.6 Å². The molecule has 1 fully saturated rings. The van der Waals surface area contributed by atoms with Crippen molar-refractivity contribution in [3.63, 3.8) is 0 Å². The summed E-state index contributed by atoms with van der Waals surface area (Å²) in [4.78, 5) is 4.72. The maximum Gasteiger partial charge on any atom is 0.141 e. The molecule has 3 heterocycles. The molecule has 4 nitrogen and oxygen atoms in total. The highest BCUT2D eigenvalue weighted by Crippen LogP contribution is 2.32. The molecule has 23 heavy (non-hydrogen) atoms. The molecule has 3 aromatic rings. The summed E-state index contributed by atoms with van der Waals surface area (Å²) in [5, 5.41) is 4.07. The summed E-state index contributed by atoms with van der Waals surface area (Å²) in [6.45, 7) is 5.05. The van der Waals surface area contributed by atoms with E-state index in [0.717, 1.165) is 40.6 Å². The standard InChI is InChI=1S/C18H20IN3O/c1-11-17(12(2)23-21-11)14-7-16-18(20-8-14)15(19)10-22(16)9-13-5-3-4-6-13/h7-8,10,13H,3-6,9H2,1-2H3. The quantitative estimate of drug-likeness (QED) is 0.553. The second-order valence-corrected chi connectivity index (χ2v) is 7.73. The van der Waals surface area contributed by atoms with Crippen molar-refractivity contribution in [2.24, 2.45) is 5.92 Å². The normalized spacial score (nSPS) is 15.8. The number of fused-ring (bicyclic) bond motifs is 1. The molecule has 1 saturated carbocycles. The van der Waals surface area contributed by atoms with Crippen molar-refractivity contribution in [2.75, 3.05) is 0 Å². The first kappa shape index (κ1) is 15.2. The predicted molar refractivity (Wildman–Crippen MR) is 99.4 cm³/mol. The summed E-state index contributed by atoms with van der Waals surface area (Å²) in [5.74, 6) is 1.66. The van der Waals surface area contributed by atoms with E-state index in [-0.39, 0.29) is 0 Å². The minimum atomic E-state index is 0.809. The molecule has 0 atom stereocenters. The van der Waals surface area contributed by atoms with Crippen LogP contribution in [0.1, 0.15) is 37.1 Å². The highest BCUT2D eigenvalue weighted by molar-refractivity contribution is 14.1. The van der Waals surface area contributed by atoms with Gasteiger partial charge in [0.25, 0.3) is 0 Å². The Kier molecular flexibility index (Phi) is 3.91. The molecule has 120 valence electrons. The van der Waals surface area contributed by atoms with E-state index in [4.69, 9.17) is 9.51 Å². The number of halogens is 1. The molecule has 5 heteroatoms. The van der Waals surface area contributed by atoms with Crippen molar-refractivity contribution in [3.8, 4) is 11.1 Å². The van der Waals surface area contributed by atoms with Crippen molar-refractivity contribution in [2.45, 2.75) is 46.1 Å². The van der Waals surface area contributed by atoms with Gasteiger partial charge in [0, 0.05) is 30.1 Å². The number of aryl methyl sites for hydroxylation is 2. The zero-order chi connectivity index (χ0) is 16.0. The second kappa shape index (κ2) is 5.92. The van der Waals surface area contributed by atoms with Gasteiger partial charge in [-0.1, -0.05) is 18.0 Å². The number of rotatable bonds is 3. The van der Waals surface area contributed by atoms with Crippen LogP contribution < -0.4 is 0 Å². The van der Waals surface area contributed by atoms with Crippen molar-refractivity contribution in [1.29, 1.82) is 0 Å². The summed E-state index contributed by atoms with van der Waals surface area (Å²) >= 11 is 2.39. The van der Waals surface area contributed by atoms with Gasteiger partial charge in [-0.2, -0.15) is 0 Å². The van der Waals surface area contributed by atoms with Crippen LogP contribution in [0.5, 0.6) is 0 Å². The highest BCUT2D eigenvalue weighted by Gasteiger charge is 2.19. The van der Waals surface area contributed by atoms with Gasteiger partial charge in [0.15, 0.2) is 0 Å². The highest BCUT2D eigenvalue weighted by atomic mass is 127. The third-order valence-corrected chi connectivity index (χ3v) is 5.71. The number of hydrogen-bond acceptors (Lipinski definition) is 3. The Balaban J connectivity index is 1.80. The van der Waals surface area contributed by atoms with E-state index in [1.807, 2.05) is 20.0 Å². The molecule has 0 aliphatic heterocycles. The molecular weight excluding hydrogens is 401 g/mol. The van der Waals surface area contributed by atoms with Gasteiger partial charge in [-0.3, -0.25) is 4.98 Å². The summed E-state index contributed by atoms with van der Waals surface area (Å²) < 4.78 is 8.93. The van der Waals surface area contributed by atoms with Crippen LogP contribution in [0.25, 0.3) is 22.2 Å². The zero-order valence-electron chi connectivity index (χ0n) is 13.5. The Morgan fingerprint density at radius 2 is 2.09 bits per heavy atom. The van der Waals surface area contributed by atoms with Crippen LogP contribution in [-0.4, -0.2) is 14.7 Å². The molecule has 0 unspecified atom stereocenters. The van der Waals surface area contributed by atoms with E-state index in [9.17, 15) is 0 Å². The van der Waals surface area contributed by atoms with E-state index >= 15 is 0 Å². The monoisotopic (exact) mass is 421 g/mol. The smallest absolute Gasteiger partial charge is 0.141 e. The minimum Gasteiger partial charge on any atom is -0.361 e. The lowest BCUT2D eigenvalue weighted by atomic mass is 10.1. The van der Waals surface area contributed by atoms with Crippen molar-refractivity contribution in [3.05, 3.63) is 33.5 Å². The van der Waals surface area contributed by atoms with E-state index in [1.165, 1.54) is 34.8 Å². The van der Waals surface area contributed by atoms with Gasteiger partial charge in [-0.15, -0.1) is 0 Å². The lowest BCUT2D eigenvalue weighted by Crippen LogP contribution is -2.06. The van der Waals surface area contributed by atoms with E-state index < -0.39 is 0 Å². The molecule has 0 spiro atoms. The molecule has 0 amide bonds. The maximum atomic E-state index is 5.32. The molecule has 0 N–H and O–H groups in total. The average Bonchev–Trinajstić information content (AvgIpc) is 3.22. The Morgan fingerprint density at radius 1 is 1.30 bits per heavy atom. The molecule has 4 rings (SSSR count). The largest absolute Gasteiger partial charge is 0.361 e. The number of aromatic nitrogens is 3. The lowest BCUT2D eigenvalue weighted by molar-refractivity contribution is 0.393. The van der Waals surface area contributed by atoms with Gasteiger partial charge in [-0.25, -0.2) is 0 Å². The van der Waals surface area contributed by atoms with Crippen LogP contribution >= 0.6 is 22.6 Å². The Morgan fingerprint density at radius 3 is 2.78 bits per heavy atom. The molecule has 1 aliphatic carbocycles. The van der Waals surface area contributed by atoms with Crippen molar-refractivity contribution in [1.82, 2.24) is 14.7 Å². The number of nitrogens with zero attached hydrogens (tertiary/aromatic N) is 3. The van der Waals surface area contributed by atoms with Gasteiger partial charge in [0.05, 0.1) is 14.8 Å². The van der Waals surface area contributed by atoms with Gasteiger partial charge < -0.3 is 9.09 Å².